The van der Waals surface area contributed by atoms with Crippen LogP contribution in [-0.4, -0.2) is 52.2 Å². The maximum Gasteiger partial charge on any atom is 0.254 e. The van der Waals surface area contributed by atoms with Crippen molar-refractivity contribution in [1.82, 2.24) is 20.0 Å². The lowest BCUT2D eigenvalue weighted by Crippen LogP contribution is -2.49. The molecule has 0 saturated carbocycles. The van der Waals surface area contributed by atoms with E-state index in [1.165, 1.54) is 0 Å². The number of nitrogens with one attached hydrogen (secondary N) is 1. The number of carbonyl (C=O) groups is 2. The molecule has 2 aromatic rings. The van der Waals surface area contributed by atoms with E-state index in [1.807, 2.05) is 53.8 Å². The van der Waals surface area contributed by atoms with Gasteiger partial charge in [-0.25, -0.2) is 0 Å². The summed E-state index contributed by atoms with van der Waals surface area (Å²) in [7, 11) is 0. The zero-order valence-corrected chi connectivity index (χ0v) is 17.4. The van der Waals surface area contributed by atoms with Gasteiger partial charge in [0.25, 0.3) is 5.91 Å². The lowest BCUT2D eigenvalue weighted by molar-refractivity contribution is -0.121. The number of hydrogen-bond acceptors (Lipinski definition) is 4. The molecule has 3 N–H and O–H groups in total. The molecule has 29 heavy (non-hydrogen) atoms. The third-order valence-electron chi connectivity index (χ3n) is 5.40. The number of benzene rings is 1. The van der Waals surface area contributed by atoms with Gasteiger partial charge in [-0.15, -0.1) is 0 Å². The Labute approximate surface area is 172 Å². The molecule has 1 fully saturated rings. The fourth-order valence-electron chi connectivity index (χ4n) is 3.91. The second-order valence-corrected chi connectivity index (χ2v) is 7.78. The molecule has 3 rings (SSSR count). The van der Waals surface area contributed by atoms with Crippen molar-refractivity contribution < 1.29 is 9.59 Å². The van der Waals surface area contributed by atoms with Gasteiger partial charge in [0.2, 0.25) is 5.91 Å². The SMILES string of the molecule is Cc1cc(C)n(Cc2cccc(C(=O)N3CCCCC3CNC(=O)CCN)c2)n1. The standard InChI is InChI=1S/C22H31N5O2/c1-16-12-17(2)27(25-16)15-18-6-5-7-19(13-18)22(29)26-11-4-3-8-20(26)14-24-21(28)9-10-23/h5-7,12-13,20H,3-4,8-11,14-15,23H2,1-2H3,(H,24,28). The van der Waals surface area contributed by atoms with Crippen molar-refractivity contribution in [2.75, 3.05) is 19.6 Å². The summed E-state index contributed by atoms with van der Waals surface area (Å²) in [5.41, 5.74) is 9.26. The predicted octanol–water partition coefficient (Wildman–Crippen LogP) is 2.01. The third-order valence-corrected chi connectivity index (χ3v) is 5.40. The number of nitrogens with two attached hydrogens (primary N) is 1. The first-order valence-electron chi connectivity index (χ1n) is 10.4. The highest BCUT2D eigenvalue weighted by Gasteiger charge is 2.27. The van der Waals surface area contributed by atoms with Gasteiger partial charge >= 0.3 is 0 Å². The molecule has 0 bridgehead atoms. The van der Waals surface area contributed by atoms with E-state index >= 15 is 0 Å². The maximum atomic E-state index is 13.2. The molecular weight excluding hydrogens is 366 g/mol. The van der Waals surface area contributed by atoms with E-state index in [4.69, 9.17) is 5.73 Å². The number of amides is 2. The van der Waals surface area contributed by atoms with Crippen molar-refractivity contribution in [2.24, 2.45) is 5.73 Å². The van der Waals surface area contributed by atoms with Crippen molar-refractivity contribution in [3.63, 3.8) is 0 Å². The molecule has 156 valence electrons. The molecule has 1 aliphatic rings. The molecule has 2 amide bonds. The molecule has 7 nitrogen and oxygen atoms in total. The van der Waals surface area contributed by atoms with Gasteiger partial charge in [-0.1, -0.05) is 12.1 Å². The molecule has 1 aromatic heterocycles. The highest BCUT2D eigenvalue weighted by atomic mass is 16.2. The van der Waals surface area contributed by atoms with Gasteiger partial charge in [0.1, 0.15) is 0 Å². The quantitative estimate of drug-likeness (QED) is 0.747. The second kappa shape index (κ2) is 9.69. The molecule has 0 spiro atoms. The Morgan fingerprint density at radius 2 is 2.07 bits per heavy atom. The smallest absolute Gasteiger partial charge is 0.254 e. The van der Waals surface area contributed by atoms with Crippen molar-refractivity contribution in [1.29, 1.82) is 0 Å². The van der Waals surface area contributed by atoms with Crippen LogP contribution in [0.5, 0.6) is 0 Å². The zero-order valence-electron chi connectivity index (χ0n) is 17.4. The van der Waals surface area contributed by atoms with Gasteiger partial charge in [-0.2, -0.15) is 5.10 Å². The van der Waals surface area contributed by atoms with Crippen molar-refractivity contribution in [3.05, 3.63) is 52.8 Å². The fourth-order valence-corrected chi connectivity index (χ4v) is 3.91. The van der Waals surface area contributed by atoms with Crippen molar-refractivity contribution in [3.8, 4) is 0 Å². The van der Waals surface area contributed by atoms with Crippen LogP contribution in [0.4, 0.5) is 0 Å². The Morgan fingerprint density at radius 1 is 1.24 bits per heavy atom. The minimum Gasteiger partial charge on any atom is -0.354 e. The first-order valence-corrected chi connectivity index (χ1v) is 10.4. The van der Waals surface area contributed by atoms with Crippen LogP contribution in [0, 0.1) is 13.8 Å². The van der Waals surface area contributed by atoms with E-state index in [0.29, 0.717) is 31.6 Å². The molecule has 1 saturated heterocycles. The highest BCUT2D eigenvalue weighted by molar-refractivity contribution is 5.94. The molecule has 0 radical (unpaired) electrons. The minimum atomic E-state index is -0.0580. The number of nitrogens with zero attached hydrogens (tertiary/aromatic N) is 3. The Balaban J connectivity index is 1.70. The number of carbonyl (C=O) groups excluding carboxylic acids is 2. The van der Waals surface area contributed by atoms with Crippen LogP contribution in [0.15, 0.2) is 30.3 Å². The summed E-state index contributed by atoms with van der Waals surface area (Å²) < 4.78 is 1.95. The molecule has 1 aromatic carbocycles. The molecule has 1 aliphatic heterocycles. The van der Waals surface area contributed by atoms with Gasteiger partial charge in [-0.05, 0) is 56.9 Å². The van der Waals surface area contributed by atoms with E-state index < -0.39 is 0 Å². The van der Waals surface area contributed by atoms with E-state index in [-0.39, 0.29) is 17.9 Å². The van der Waals surface area contributed by atoms with Crippen LogP contribution < -0.4 is 11.1 Å². The number of piperidine rings is 1. The lowest BCUT2D eigenvalue weighted by atomic mass is 10.00. The lowest BCUT2D eigenvalue weighted by Gasteiger charge is -2.36. The Hall–Kier alpha value is -2.67. The second-order valence-electron chi connectivity index (χ2n) is 7.78. The summed E-state index contributed by atoms with van der Waals surface area (Å²) in [4.78, 5) is 26.9. The van der Waals surface area contributed by atoms with Crippen LogP contribution >= 0.6 is 0 Å². The number of hydrogen-bond donors (Lipinski definition) is 2. The molecule has 0 aliphatic carbocycles. The number of rotatable bonds is 7. The Morgan fingerprint density at radius 3 is 2.79 bits per heavy atom. The summed E-state index contributed by atoms with van der Waals surface area (Å²) in [6.07, 6.45) is 3.28. The fraction of sp³-hybridized carbons (Fsp3) is 0.500. The highest BCUT2D eigenvalue weighted by Crippen LogP contribution is 2.20. The van der Waals surface area contributed by atoms with E-state index in [0.717, 1.165) is 42.8 Å². The van der Waals surface area contributed by atoms with Gasteiger partial charge in [-0.3, -0.25) is 14.3 Å². The molecule has 1 atom stereocenters. The van der Waals surface area contributed by atoms with Crippen molar-refractivity contribution >= 4 is 11.8 Å². The number of likely N-dealkylation sites (tertiary alicyclic amines) is 1. The monoisotopic (exact) mass is 397 g/mol. The van der Waals surface area contributed by atoms with Crippen LogP contribution in [0.2, 0.25) is 0 Å². The van der Waals surface area contributed by atoms with E-state index in [9.17, 15) is 9.59 Å². The normalized spacial score (nSPS) is 16.7. The molecule has 2 heterocycles. The first kappa shape index (κ1) is 21.0. The summed E-state index contributed by atoms with van der Waals surface area (Å²) >= 11 is 0. The number of aryl methyl sites for hydroxylation is 2. The molecule has 7 heteroatoms. The van der Waals surface area contributed by atoms with Gasteiger partial charge in [0.15, 0.2) is 0 Å². The van der Waals surface area contributed by atoms with Gasteiger partial charge < -0.3 is 16.0 Å². The molecular formula is C22H31N5O2. The number of aromatic nitrogens is 2. The van der Waals surface area contributed by atoms with Crippen LogP contribution in [-0.2, 0) is 11.3 Å². The summed E-state index contributed by atoms with van der Waals surface area (Å²) in [6.45, 7) is 6.19. The average Bonchev–Trinajstić information content (AvgIpc) is 3.03. The van der Waals surface area contributed by atoms with E-state index in [1.54, 1.807) is 0 Å². The van der Waals surface area contributed by atoms with E-state index in [2.05, 4.69) is 10.4 Å². The van der Waals surface area contributed by atoms with Crippen LogP contribution in [0.25, 0.3) is 0 Å². The zero-order chi connectivity index (χ0) is 20.8. The predicted molar refractivity (Wildman–Crippen MR) is 113 cm³/mol. The maximum absolute atomic E-state index is 13.2. The van der Waals surface area contributed by atoms with Crippen LogP contribution in [0.1, 0.15) is 53.0 Å². The van der Waals surface area contributed by atoms with Gasteiger partial charge in [0, 0.05) is 43.4 Å². The topological polar surface area (TPSA) is 93.2 Å². The van der Waals surface area contributed by atoms with Crippen molar-refractivity contribution in [2.45, 2.75) is 52.1 Å². The summed E-state index contributed by atoms with van der Waals surface area (Å²) in [5, 5.41) is 7.43. The Bertz CT molecular complexity index is 861. The third kappa shape index (κ3) is 5.44. The largest absolute Gasteiger partial charge is 0.354 e. The summed E-state index contributed by atoms with van der Waals surface area (Å²) in [6, 6.07) is 9.84. The first-order chi connectivity index (χ1) is 14.0. The average molecular weight is 398 g/mol. The minimum absolute atomic E-state index is 0.0256. The molecule has 1 unspecified atom stereocenters. The van der Waals surface area contributed by atoms with Gasteiger partial charge in [0.05, 0.1) is 12.2 Å². The Kier molecular flexibility index (Phi) is 7.04. The van der Waals surface area contributed by atoms with Crippen LogP contribution in [0.3, 0.4) is 0 Å². The summed E-state index contributed by atoms with van der Waals surface area (Å²) in [5.74, 6) is -0.0321.